The summed E-state index contributed by atoms with van der Waals surface area (Å²) in [5, 5.41) is 9.02. The summed E-state index contributed by atoms with van der Waals surface area (Å²) in [6, 6.07) is 4.07. The molecule has 0 spiro atoms. The summed E-state index contributed by atoms with van der Waals surface area (Å²) in [4.78, 5) is 17.3. The minimum absolute atomic E-state index is 0.0885. The first-order valence-corrected chi connectivity index (χ1v) is 5.30. The van der Waals surface area contributed by atoms with Crippen molar-refractivity contribution in [3.8, 4) is 5.75 Å². The third kappa shape index (κ3) is 3.06. The normalized spacial score (nSPS) is 11.5. The molecule has 13 heavy (non-hydrogen) atoms. The van der Waals surface area contributed by atoms with Crippen LogP contribution in [0.3, 0.4) is 0 Å². The smallest absolute Gasteiger partial charge is 0.329 e. The Labute approximate surface area is 75.0 Å². The average molecular weight is 203 g/mol. The molecule has 0 amide bonds. The van der Waals surface area contributed by atoms with Gasteiger partial charge in [0.2, 0.25) is 0 Å². The maximum atomic E-state index is 10.6. The molecule has 0 aliphatic carbocycles. The summed E-state index contributed by atoms with van der Waals surface area (Å²) in [5.41, 5.74) is 5.86. The number of phenolic OH excluding ortho intramolecular Hbond substituents is 1. The van der Waals surface area contributed by atoms with Crippen molar-refractivity contribution in [2.75, 3.05) is 5.73 Å². The zero-order valence-corrected chi connectivity index (χ0v) is 7.61. The van der Waals surface area contributed by atoms with Gasteiger partial charge < -0.3 is 20.6 Å². The van der Waals surface area contributed by atoms with E-state index in [1.54, 1.807) is 0 Å². The van der Waals surface area contributed by atoms with Crippen LogP contribution in [-0.4, -0.2) is 14.9 Å². The van der Waals surface area contributed by atoms with Crippen molar-refractivity contribution < 1.29 is 19.5 Å². The molecule has 0 aliphatic heterocycles. The lowest BCUT2D eigenvalue weighted by atomic mass is 10.2. The van der Waals surface area contributed by atoms with E-state index in [0.717, 1.165) is 0 Å². The summed E-state index contributed by atoms with van der Waals surface area (Å²) in [6.45, 7) is 0. The second kappa shape index (κ2) is 3.38. The highest BCUT2D eigenvalue weighted by molar-refractivity contribution is 7.50. The fraction of sp³-hybridized carbons (Fsp3) is 0.143. The van der Waals surface area contributed by atoms with Crippen LogP contribution in [0.5, 0.6) is 5.75 Å². The second-order valence-electron chi connectivity index (χ2n) is 2.72. The quantitative estimate of drug-likeness (QED) is 0.321. The Hall–Kier alpha value is -1.03. The van der Waals surface area contributed by atoms with Gasteiger partial charge in [-0.05, 0) is 17.7 Å². The molecule has 0 aliphatic rings. The van der Waals surface area contributed by atoms with E-state index in [-0.39, 0.29) is 17.6 Å². The van der Waals surface area contributed by atoms with E-state index >= 15 is 0 Å². The molecule has 0 saturated carbocycles. The van der Waals surface area contributed by atoms with E-state index < -0.39 is 7.60 Å². The largest absolute Gasteiger partial charge is 0.506 e. The zero-order chi connectivity index (χ0) is 10.1. The lowest BCUT2D eigenvalue weighted by Crippen LogP contribution is -1.90. The Morgan fingerprint density at radius 2 is 2.00 bits per heavy atom. The third-order valence-electron chi connectivity index (χ3n) is 1.48. The van der Waals surface area contributed by atoms with Gasteiger partial charge >= 0.3 is 7.60 Å². The number of anilines is 1. The molecule has 1 rings (SSSR count). The van der Waals surface area contributed by atoms with Crippen LogP contribution in [0.4, 0.5) is 5.69 Å². The summed E-state index contributed by atoms with van der Waals surface area (Å²) < 4.78 is 10.6. The van der Waals surface area contributed by atoms with Gasteiger partial charge in [-0.2, -0.15) is 0 Å². The Balaban J connectivity index is 2.92. The predicted octanol–water partition coefficient (Wildman–Crippen LogP) is 0.652. The highest BCUT2D eigenvalue weighted by Gasteiger charge is 2.14. The van der Waals surface area contributed by atoms with Crippen molar-refractivity contribution >= 4 is 13.3 Å². The number of phenols is 1. The fourth-order valence-electron chi connectivity index (χ4n) is 0.940. The number of rotatable bonds is 2. The first kappa shape index (κ1) is 10.1. The van der Waals surface area contributed by atoms with Gasteiger partial charge in [0.1, 0.15) is 5.75 Å². The Morgan fingerprint density at radius 3 is 2.46 bits per heavy atom. The van der Waals surface area contributed by atoms with Gasteiger partial charge in [-0.1, -0.05) is 6.07 Å². The maximum Gasteiger partial charge on any atom is 0.329 e. The summed E-state index contributed by atoms with van der Waals surface area (Å²) >= 11 is 0. The van der Waals surface area contributed by atoms with Crippen LogP contribution < -0.4 is 5.73 Å². The van der Waals surface area contributed by atoms with E-state index in [0.29, 0.717) is 5.56 Å². The molecule has 0 radical (unpaired) electrons. The van der Waals surface area contributed by atoms with Crippen molar-refractivity contribution in [3.05, 3.63) is 23.8 Å². The predicted molar refractivity (Wildman–Crippen MR) is 48.3 cm³/mol. The molecular weight excluding hydrogens is 193 g/mol. The minimum Gasteiger partial charge on any atom is -0.506 e. The van der Waals surface area contributed by atoms with Crippen LogP contribution in [0.1, 0.15) is 5.56 Å². The molecule has 0 saturated heterocycles. The molecule has 0 fully saturated rings. The SMILES string of the molecule is Nc1cc(CP(=O)(O)O)ccc1O. The summed E-state index contributed by atoms with van der Waals surface area (Å²) in [5.74, 6) is -0.0885. The van der Waals surface area contributed by atoms with E-state index in [2.05, 4.69) is 0 Å². The molecule has 72 valence electrons. The molecule has 1 aromatic carbocycles. The van der Waals surface area contributed by atoms with Crippen LogP contribution in [0, 0.1) is 0 Å². The van der Waals surface area contributed by atoms with E-state index in [9.17, 15) is 4.57 Å². The van der Waals surface area contributed by atoms with Crippen LogP contribution in [0.25, 0.3) is 0 Å². The molecule has 5 N–H and O–H groups in total. The monoisotopic (exact) mass is 203 g/mol. The molecular formula is C7H10NO4P. The number of nitrogens with two attached hydrogens (primary N) is 1. The minimum atomic E-state index is -4.06. The standard InChI is InChI=1S/C7H10NO4P/c8-6-3-5(1-2-7(6)9)4-13(10,11)12/h1-3,9H,4,8H2,(H2,10,11,12). The first-order valence-electron chi connectivity index (χ1n) is 3.50. The second-order valence-corrected chi connectivity index (χ2v) is 4.36. The lowest BCUT2D eigenvalue weighted by Gasteiger charge is -2.05. The molecule has 1 aromatic rings. The molecule has 5 nitrogen and oxygen atoms in total. The zero-order valence-electron chi connectivity index (χ0n) is 6.71. The van der Waals surface area contributed by atoms with Crippen molar-refractivity contribution in [2.24, 2.45) is 0 Å². The van der Waals surface area contributed by atoms with Gasteiger partial charge in [0, 0.05) is 0 Å². The molecule has 0 bridgehead atoms. The molecule has 0 heterocycles. The van der Waals surface area contributed by atoms with Gasteiger partial charge in [0.15, 0.2) is 0 Å². The van der Waals surface area contributed by atoms with Crippen molar-refractivity contribution in [3.63, 3.8) is 0 Å². The van der Waals surface area contributed by atoms with Gasteiger partial charge in [0.05, 0.1) is 11.8 Å². The topological polar surface area (TPSA) is 104 Å². The van der Waals surface area contributed by atoms with Crippen LogP contribution >= 0.6 is 7.60 Å². The number of nitrogen functional groups attached to an aromatic ring is 1. The maximum absolute atomic E-state index is 10.6. The van der Waals surface area contributed by atoms with Gasteiger partial charge in [-0.25, -0.2) is 0 Å². The number of aromatic hydroxyl groups is 1. The summed E-state index contributed by atoms with van der Waals surface area (Å²) in [7, 11) is -4.06. The molecule has 0 atom stereocenters. The average Bonchev–Trinajstić information content (AvgIpc) is 1.94. The molecule has 0 unspecified atom stereocenters. The Morgan fingerprint density at radius 1 is 1.38 bits per heavy atom. The van der Waals surface area contributed by atoms with Crippen LogP contribution in [0.2, 0.25) is 0 Å². The first-order chi connectivity index (χ1) is 5.88. The number of benzene rings is 1. The number of hydrogen-bond acceptors (Lipinski definition) is 3. The van der Waals surface area contributed by atoms with Gasteiger partial charge in [0.25, 0.3) is 0 Å². The Kier molecular flexibility index (Phi) is 2.61. The molecule has 6 heteroatoms. The number of hydrogen-bond donors (Lipinski definition) is 4. The molecule has 0 aromatic heterocycles. The van der Waals surface area contributed by atoms with Gasteiger partial charge in [-0.15, -0.1) is 0 Å². The highest BCUT2D eigenvalue weighted by atomic mass is 31.2. The third-order valence-corrected chi connectivity index (χ3v) is 2.26. The van der Waals surface area contributed by atoms with Crippen molar-refractivity contribution in [1.29, 1.82) is 0 Å². The van der Waals surface area contributed by atoms with E-state index in [1.165, 1.54) is 18.2 Å². The van der Waals surface area contributed by atoms with E-state index in [1.807, 2.05) is 0 Å². The van der Waals surface area contributed by atoms with E-state index in [4.69, 9.17) is 20.6 Å². The lowest BCUT2D eigenvalue weighted by molar-refractivity contribution is 0.371. The highest BCUT2D eigenvalue weighted by Crippen LogP contribution is 2.39. The fourth-order valence-corrected chi connectivity index (χ4v) is 1.61. The van der Waals surface area contributed by atoms with Crippen molar-refractivity contribution in [2.45, 2.75) is 6.16 Å². The Bertz CT molecular complexity index is 360. The summed E-state index contributed by atoms with van der Waals surface area (Å²) in [6.07, 6.45) is -0.364. The van der Waals surface area contributed by atoms with Gasteiger partial charge in [-0.3, -0.25) is 4.57 Å². The van der Waals surface area contributed by atoms with Crippen LogP contribution in [0.15, 0.2) is 18.2 Å². The van der Waals surface area contributed by atoms with Crippen LogP contribution in [-0.2, 0) is 10.7 Å². The van der Waals surface area contributed by atoms with Crippen molar-refractivity contribution in [1.82, 2.24) is 0 Å².